The van der Waals surface area contributed by atoms with Crippen LogP contribution in [0.3, 0.4) is 0 Å². The summed E-state index contributed by atoms with van der Waals surface area (Å²) in [6.45, 7) is 1.69. The van der Waals surface area contributed by atoms with Gasteiger partial charge in [-0.3, -0.25) is 4.99 Å². The minimum Gasteiger partial charge on any atom is -0.495 e. The van der Waals surface area contributed by atoms with Gasteiger partial charge in [-0.2, -0.15) is 0 Å². The molecule has 0 spiro atoms. The van der Waals surface area contributed by atoms with E-state index < -0.39 is 0 Å². The van der Waals surface area contributed by atoms with E-state index in [0.29, 0.717) is 23.3 Å². The van der Waals surface area contributed by atoms with Crippen LogP contribution in [0.1, 0.15) is 6.42 Å². The summed E-state index contributed by atoms with van der Waals surface area (Å²) in [5.74, 6) is 1.02. The maximum Gasteiger partial charge on any atom is 0.193 e. The number of rotatable bonds is 6. The highest BCUT2D eigenvalue weighted by Gasteiger charge is 2.02. The summed E-state index contributed by atoms with van der Waals surface area (Å²) in [7, 11) is 5.64. The molecule has 0 bridgehead atoms. The molecule has 3 N–H and O–H groups in total. The molecule has 6 heteroatoms. The molecule has 0 radical (unpaired) electrons. The van der Waals surface area contributed by atoms with E-state index in [2.05, 4.69) is 15.2 Å². The van der Waals surface area contributed by atoms with Crippen LogP contribution in [0.25, 0.3) is 0 Å². The van der Waals surface area contributed by atoms with E-state index in [4.69, 9.17) is 22.1 Å². The van der Waals surface area contributed by atoms with Crippen LogP contribution in [0, 0.1) is 0 Å². The summed E-state index contributed by atoms with van der Waals surface area (Å²) >= 11 is 6.02. The fraction of sp³-hybridized carbons (Fsp3) is 0.462. The number of hydrogen-bond donors (Lipinski definition) is 2. The van der Waals surface area contributed by atoms with Crippen molar-refractivity contribution < 1.29 is 4.74 Å². The van der Waals surface area contributed by atoms with Crippen LogP contribution in [0.4, 0.5) is 5.69 Å². The van der Waals surface area contributed by atoms with Crippen LogP contribution in [0.15, 0.2) is 23.2 Å². The van der Waals surface area contributed by atoms with E-state index >= 15 is 0 Å². The SMILES string of the molecule is COc1ccc(NC(N)=NCCCN(C)C)cc1Cl. The van der Waals surface area contributed by atoms with Crippen molar-refractivity contribution in [1.29, 1.82) is 0 Å². The molecule has 0 heterocycles. The monoisotopic (exact) mass is 284 g/mol. The number of ether oxygens (including phenoxy) is 1. The highest BCUT2D eigenvalue weighted by atomic mass is 35.5. The fourth-order valence-electron chi connectivity index (χ4n) is 1.52. The second-order valence-electron chi connectivity index (χ2n) is 4.40. The number of hydrogen-bond acceptors (Lipinski definition) is 3. The predicted molar refractivity (Wildman–Crippen MR) is 81.3 cm³/mol. The van der Waals surface area contributed by atoms with Crippen molar-refractivity contribution in [2.24, 2.45) is 10.7 Å². The molecule has 0 saturated heterocycles. The molecular weight excluding hydrogens is 264 g/mol. The first-order chi connectivity index (χ1) is 9.02. The van der Waals surface area contributed by atoms with Gasteiger partial charge in [-0.25, -0.2) is 0 Å². The third-order valence-corrected chi connectivity index (χ3v) is 2.77. The van der Waals surface area contributed by atoms with Gasteiger partial charge in [-0.15, -0.1) is 0 Å². The third kappa shape index (κ3) is 5.81. The van der Waals surface area contributed by atoms with Gasteiger partial charge in [0.25, 0.3) is 0 Å². The summed E-state index contributed by atoms with van der Waals surface area (Å²) in [4.78, 5) is 6.36. The molecule has 1 aromatic carbocycles. The zero-order valence-electron chi connectivity index (χ0n) is 11.6. The van der Waals surface area contributed by atoms with Gasteiger partial charge in [-0.05, 0) is 45.3 Å². The lowest BCUT2D eigenvalue weighted by atomic mass is 10.3. The maximum absolute atomic E-state index is 6.02. The number of aliphatic imine (C=N–C) groups is 1. The van der Waals surface area contributed by atoms with Crippen molar-refractivity contribution in [3.05, 3.63) is 23.2 Å². The standard InChI is InChI=1S/C13H21ClN4O/c1-18(2)8-4-7-16-13(15)17-10-5-6-12(19-3)11(14)9-10/h5-6,9H,4,7-8H2,1-3H3,(H3,15,16,17). The number of nitrogens with two attached hydrogens (primary N) is 1. The van der Waals surface area contributed by atoms with Crippen LogP contribution < -0.4 is 15.8 Å². The second kappa shape index (κ2) is 7.86. The minimum atomic E-state index is 0.389. The Morgan fingerprint density at radius 1 is 1.47 bits per heavy atom. The summed E-state index contributed by atoms with van der Waals surface area (Å²) < 4.78 is 5.08. The smallest absolute Gasteiger partial charge is 0.193 e. The number of halogens is 1. The van der Waals surface area contributed by atoms with Gasteiger partial charge in [0.1, 0.15) is 5.75 Å². The summed E-state index contributed by atoms with van der Waals surface area (Å²) in [5.41, 5.74) is 6.59. The molecule has 0 saturated carbocycles. The average Bonchev–Trinajstić information content (AvgIpc) is 2.35. The van der Waals surface area contributed by atoms with Crippen LogP contribution in [0.5, 0.6) is 5.75 Å². The van der Waals surface area contributed by atoms with E-state index in [9.17, 15) is 0 Å². The normalized spacial score (nSPS) is 11.7. The molecule has 106 valence electrons. The van der Waals surface area contributed by atoms with Gasteiger partial charge < -0.3 is 20.7 Å². The number of guanidine groups is 1. The lowest BCUT2D eigenvalue weighted by Gasteiger charge is -2.09. The number of methoxy groups -OCH3 is 1. The molecule has 5 nitrogen and oxygen atoms in total. The van der Waals surface area contributed by atoms with Gasteiger partial charge in [0.15, 0.2) is 5.96 Å². The van der Waals surface area contributed by atoms with Crippen LogP contribution >= 0.6 is 11.6 Å². The molecule has 0 unspecified atom stereocenters. The van der Waals surface area contributed by atoms with Crippen LogP contribution in [0.2, 0.25) is 5.02 Å². The number of nitrogens with zero attached hydrogens (tertiary/aromatic N) is 2. The Morgan fingerprint density at radius 2 is 2.21 bits per heavy atom. The maximum atomic E-state index is 6.02. The van der Waals surface area contributed by atoms with E-state index in [1.807, 2.05) is 20.2 Å². The highest BCUT2D eigenvalue weighted by Crippen LogP contribution is 2.26. The zero-order chi connectivity index (χ0) is 14.3. The Bertz CT molecular complexity index is 435. The quantitative estimate of drug-likeness (QED) is 0.477. The molecule has 1 rings (SSSR count). The summed E-state index contributed by atoms with van der Waals surface area (Å²) in [5, 5.41) is 3.53. The zero-order valence-corrected chi connectivity index (χ0v) is 12.4. The van der Waals surface area contributed by atoms with E-state index in [1.165, 1.54) is 0 Å². The van der Waals surface area contributed by atoms with Crippen molar-refractivity contribution in [2.45, 2.75) is 6.42 Å². The van der Waals surface area contributed by atoms with Crippen molar-refractivity contribution >= 4 is 23.2 Å². The van der Waals surface area contributed by atoms with Gasteiger partial charge in [0.2, 0.25) is 0 Å². The van der Waals surface area contributed by atoms with E-state index in [-0.39, 0.29) is 0 Å². The van der Waals surface area contributed by atoms with Crippen LogP contribution in [-0.2, 0) is 0 Å². The van der Waals surface area contributed by atoms with Crippen molar-refractivity contribution in [1.82, 2.24) is 4.90 Å². The first-order valence-corrected chi connectivity index (χ1v) is 6.46. The number of anilines is 1. The van der Waals surface area contributed by atoms with Gasteiger partial charge >= 0.3 is 0 Å². The summed E-state index contributed by atoms with van der Waals surface area (Å²) in [6, 6.07) is 5.37. The molecule has 1 aromatic rings. The number of nitrogens with one attached hydrogen (secondary N) is 1. The molecule has 0 amide bonds. The third-order valence-electron chi connectivity index (χ3n) is 2.47. The summed E-state index contributed by atoms with van der Waals surface area (Å²) in [6.07, 6.45) is 0.971. The Balaban J connectivity index is 2.49. The lowest BCUT2D eigenvalue weighted by Crippen LogP contribution is -2.23. The minimum absolute atomic E-state index is 0.389. The Kier molecular flexibility index (Phi) is 6.45. The molecule has 0 aromatic heterocycles. The Morgan fingerprint density at radius 3 is 2.79 bits per heavy atom. The predicted octanol–water partition coefficient (Wildman–Crippen LogP) is 2.03. The van der Waals surface area contributed by atoms with Crippen molar-refractivity contribution in [2.75, 3.05) is 39.6 Å². The lowest BCUT2D eigenvalue weighted by molar-refractivity contribution is 0.403. The molecule has 0 atom stereocenters. The topological polar surface area (TPSA) is 62.9 Å². The van der Waals surface area contributed by atoms with E-state index in [1.54, 1.807) is 19.2 Å². The molecule has 19 heavy (non-hydrogen) atoms. The van der Waals surface area contributed by atoms with Gasteiger partial charge in [0.05, 0.1) is 12.1 Å². The Hall–Kier alpha value is -1.46. The molecule has 0 fully saturated rings. The molecule has 0 aliphatic heterocycles. The molecular formula is C13H21ClN4O. The van der Waals surface area contributed by atoms with Gasteiger partial charge in [-0.1, -0.05) is 11.6 Å². The van der Waals surface area contributed by atoms with Gasteiger partial charge in [0, 0.05) is 12.2 Å². The van der Waals surface area contributed by atoms with Crippen LogP contribution in [-0.4, -0.2) is 45.2 Å². The largest absolute Gasteiger partial charge is 0.495 e. The van der Waals surface area contributed by atoms with Crippen molar-refractivity contribution in [3.63, 3.8) is 0 Å². The first kappa shape index (κ1) is 15.6. The van der Waals surface area contributed by atoms with E-state index in [0.717, 1.165) is 18.7 Å². The fourth-order valence-corrected chi connectivity index (χ4v) is 1.78. The average molecular weight is 285 g/mol. The molecule has 0 aliphatic rings. The van der Waals surface area contributed by atoms with Crippen molar-refractivity contribution in [3.8, 4) is 5.75 Å². The molecule has 0 aliphatic carbocycles. The Labute approximate surface area is 119 Å². The first-order valence-electron chi connectivity index (χ1n) is 6.08. The number of benzene rings is 1. The second-order valence-corrected chi connectivity index (χ2v) is 4.81. The highest BCUT2D eigenvalue weighted by molar-refractivity contribution is 6.32.